The maximum absolute atomic E-state index is 5.93. The van der Waals surface area contributed by atoms with Crippen molar-refractivity contribution in [3.05, 3.63) is 41.2 Å². The van der Waals surface area contributed by atoms with Gasteiger partial charge in [0.2, 0.25) is 5.95 Å². The summed E-state index contributed by atoms with van der Waals surface area (Å²) in [5, 5.41) is 0.733. The topological polar surface area (TPSA) is 55.0 Å². The van der Waals surface area contributed by atoms with Crippen LogP contribution in [0.4, 0.5) is 5.95 Å². The summed E-state index contributed by atoms with van der Waals surface area (Å²) in [6, 6.07) is 8.12. The van der Waals surface area contributed by atoms with Gasteiger partial charge >= 0.3 is 0 Å². The van der Waals surface area contributed by atoms with Crippen LogP contribution in [0.25, 0.3) is 11.1 Å². The summed E-state index contributed by atoms with van der Waals surface area (Å²) in [7, 11) is 0. The molecule has 0 radical (unpaired) electrons. The molecule has 21 heavy (non-hydrogen) atoms. The zero-order chi connectivity index (χ0) is 14.8. The Bertz CT molecular complexity index is 627. The number of aromatic nitrogens is 2. The van der Waals surface area contributed by atoms with E-state index in [0.29, 0.717) is 12.6 Å². The molecule has 110 valence electrons. The quantitative estimate of drug-likeness (QED) is 0.947. The minimum atomic E-state index is 0.366. The van der Waals surface area contributed by atoms with E-state index >= 15 is 0 Å². The van der Waals surface area contributed by atoms with Gasteiger partial charge in [0.25, 0.3) is 0 Å². The summed E-state index contributed by atoms with van der Waals surface area (Å²) >= 11 is 5.93. The second-order valence-corrected chi connectivity index (χ2v) is 5.84. The second-order valence-electron chi connectivity index (χ2n) is 5.40. The largest absolute Gasteiger partial charge is 0.337 e. The van der Waals surface area contributed by atoms with Crippen molar-refractivity contribution < 1.29 is 0 Å². The first-order valence-electron chi connectivity index (χ1n) is 7.25. The number of hydrogen-bond donors (Lipinski definition) is 1. The summed E-state index contributed by atoms with van der Waals surface area (Å²) in [6.45, 7) is 3.66. The Morgan fingerprint density at radius 1 is 1.33 bits per heavy atom. The highest BCUT2D eigenvalue weighted by molar-refractivity contribution is 6.30. The first-order valence-corrected chi connectivity index (χ1v) is 7.63. The molecule has 1 aromatic carbocycles. The third kappa shape index (κ3) is 2.87. The molecule has 1 aromatic heterocycles. The molecule has 3 rings (SSSR count). The van der Waals surface area contributed by atoms with Crippen LogP contribution in [0.2, 0.25) is 5.02 Å². The number of hydrogen-bond acceptors (Lipinski definition) is 4. The highest BCUT2D eigenvalue weighted by Crippen LogP contribution is 2.27. The Balaban J connectivity index is 1.91. The van der Waals surface area contributed by atoms with Gasteiger partial charge < -0.3 is 10.6 Å². The molecule has 0 bridgehead atoms. The predicted molar refractivity (Wildman–Crippen MR) is 86.6 cm³/mol. The first kappa shape index (κ1) is 14.3. The summed E-state index contributed by atoms with van der Waals surface area (Å²) in [5.74, 6) is 0.790. The number of anilines is 1. The van der Waals surface area contributed by atoms with E-state index in [-0.39, 0.29) is 0 Å². The zero-order valence-electron chi connectivity index (χ0n) is 12.1. The van der Waals surface area contributed by atoms with E-state index in [2.05, 4.69) is 14.9 Å². The fraction of sp³-hybridized carbons (Fsp3) is 0.375. The van der Waals surface area contributed by atoms with Crippen molar-refractivity contribution in [1.82, 2.24) is 9.97 Å². The van der Waals surface area contributed by atoms with Gasteiger partial charge in [-0.1, -0.05) is 23.7 Å². The Morgan fingerprint density at radius 3 is 2.76 bits per heavy atom. The highest BCUT2D eigenvalue weighted by atomic mass is 35.5. The van der Waals surface area contributed by atoms with Gasteiger partial charge in [-0.25, -0.2) is 9.97 Å². The van der Waals surface area contributed by atoms with E-state index in [1.807, 2.05) is 37.4 Å². The van der Waals surface area contributed by atoms with Crippen molar-refractivity contribution in [3.63, 3.8) is 0 Å². The fourth-order valence-corrected chi connectivity index (χ4v) is 2.98. The monoisotopic (exact) mass is 302 g/mol. The second kappa shape index (κ2) is 6.00. The van der Waals surface area contributed by atoms with E-state index in [1.165, 1.54) is 0 Å². The average molecular weight is 303 g/mol. The van der Waals surface area contributed by atoms with Crippen molar-refractivity contribution >= 4 is 17.5 Å². The molecule has 1 saturated heterocycles. The van der Waals surface area contributed by atoms with Gasteiger partial charge in [0.05, 0.1) is 5.69 Å². The Morgan fingerprint density at radius 2 is 2.10 bits per heavy atom. The lowest BCUT2D eigenvalue weighted by Crippen LogP contribution is -2.36. The SMILES string of the molecule is Cc1nc(N2CCCC2CN)ncc1-c1ccc(Cl)cc1. The summed E-state index contributed by atoms with van der Waals surface area (Å²) in [6.07, 6.45) is 4.17. The Hall–Kier alpha value is -1.65. The van der Waals surface area contributed by atoms with Crippen LogP contribution in [0.15, 0.2) is 30.5 Å². The molecule has 0 saturated carbocycles. The Kier molecular flexibility index (Phi) is 4.08. The van der Waals surface area contributed by atoms with Crippen LogP contribution >= 0.6 is 11.6 Å². The van der Waals surface area contributed by atoms with Crippen LogP contribution < -0.4 is 10.6 Å². The maximum Gasteiger partial charge on any atom is 0.225 e. The molecule has 1 aliphatic heterocycles. The van der Waals surface area contributed by atoms with E-state index in [0.717, 1.165) is 47.2 Å². The van der Waals surface area contributed by atoms with Crippen LogP contribution in [0.5, 0.6) is 0 Å². The molecule has 2 heterocycles. The lowest BCUT2D eigenvalue weighted by Gasteiger charge is -2.23. The van der Waals surface area contributed by atoms with Crippen LogP contribution in [0, 0.1) is 6.92 Å². The number of benzene rings is 1. The van der Waals surface area contributed by atoms with Crippen molar-refractivity contribution in [2.75, 3.05) is 18.0 Å². The lowest BCUT2D eigenvalue weighted by atomic mass is 10.1. The fourth-order valence-electron chi connectivity index (χ4n) is 2.85. The van der Waals surface area contributed by atoms with Gasteiger partial charge in [-0.15, -0.1) is 0 Å². The predicted octanol–water partition coefficient (Wildman–Crippen LogP) is 3.03. The molecule has 1 atom stereocenters. The third-order valence-electron chi connectivity index (χ3n) is 4.03. The minimum Gasteiger partial charge on any atom is -0.337 e. The summed E-state index contributed by atoms with van der Waals surface area (Å²) in [5.41, 5.74) is 8.93. The van der Waals surface area contributed by atoms with Crippen molar-refractivity contribution in [2.45, 2.75) is 25.8 Å². The van der Waals surface area contributed by atoms with Crippen molar-refractivity contribution in [3.8, 4) is 11.1 Å². The van der Waals surface area contributed by atoms with Gasteiger partial charge in [0, 0.05) is 35.9 Å². The molecule has 1 aliphatic rings. The molecule has 0 aliphatic carbocycles. The summed E-state index contributed by atoms with van der Waals surface area (Å²) in [4.78, 5) is 11.4. The van der Waals surface area contributed by atoms with E-state index in [9.17, 15) is 0 Å². The molecule has 4 nitrogen and oxygen atoms in total. The van der Waals surface area contributed by atoms with Gasteiger partial charge in [0.1, 0.15) is 0 Å². The van der Waals surface area contributed by atoms with Crippen LogP contribution in [0.1, 0.15) is 18.5 Å². The maximum atomic E-state index is 5.93. The van der Waals surface area contributed by atoms with E-state index in [4.69, 9.17) is 17.3 Å². The van der Waals surface area contributed by atoms with Gasteiger partial charge in [-0.05, 0) is 37.5 Å². The molecule has 0 spiro atoms. The zero-order valence-corrected chi connectivity index (χ0v) is 12.8. The van der Waals surface area contributed by atoms with Crippen molar-refractivity contribution in [1.29, 1.82) is 0 Å². The molecular formula is C16H19ClN4. The Labute approximate surface area is 130 Å². The molecule has 1 unspecified atom stereocenters. The third-order valence-corrected chi connectivity index (χ3v) is 4.28. The van der Waals surface area contributed by atoms with Crippen LogP contribution in [-0.4, -0.2) is 29.1 Å². The van der Waals surface area contributed by atoms with Crippen LogP contribution in [-0.2, 0) is 0 Å². The number of nitrogens with zero attached hydrogens (tertiary/aromatic N) is 3. The molecule has 5 heteroatoms. The molecule has 2 N–H and O–H groups in total. The van der Waals surface area contributed by atoms with Gasteiger partial charge in [-0.3, -0.25) is 0 Å². The van der Waals surface area contributed by atoms with E-state index in [1.54, 1.807) is 0 Å². The van der Waals surface area contributed by atoms with Crippen molar-refractivity contribution in [2.24, 2.45) is 5.73 Å². The average Bonchev–Trinajstić information content (AvgIpc) is 2.97. The number of nitrogens with two attached hydrogens (primary N) is 1. The van der Waals surface area contributed by atoms with E-state index < -0.39 is 0 Å². The van der Waals surface area contributed by atoms with Gasteiger partial charge in [0.15, 0.2) is 0 Å². The number of halogens is 1. The smallest absolute Gasteiger partial charge is 0.225 e. The number of rotatable bonds is 3. The normalized spacial score (nSPS) is 18.2. The molecule has 1 fully saturated rings. The molecule has 2 aromatic rings. The first-order chi connectivity index (χ1) is 10.2. The summed E-state index contributed by atoms with van der Waals surface area (Å²) < 4.78 is 0. The van der Waals surface area contributed by atoms with Crippen LogP contribution in [0.3, 0.4) is 0 Å². The molecular weight excluding hydrogens is 284 g/mol. The van der Waals surface area contributed by atoms with Gasteiger partial charge in [-0.2, -0.15) is 0 Å². The number of aryl methyl sites for hydroxylation is 1. The molecule has 0 amide bonds. The minimum absolute atomic E-state index is 0.366. The highest BCUT2D eigenvalue weighted by Gasteiger charge is 2.25. The standard InChI is InChI=1S/C16H19ClN4/c1-11-15(12-4-6-13(17)7-5-12)10-19-16(20-11)21-8-2-3-14(21)9-18/h4-7,10,14H,2-3,8-9,18H2,1H3. The lowest BCUT2D eigenvalue weighted by molar-refractivity contribution is 0.663.